The average molecular weight is 370 g/mol. The van der Waals surface area contributed by atoms with E-state index >= 15 is 0 Å². The molecular formula is C15H19IN2O. The van der Waals surface area contributed by atoms with Crippen LogP contribution in [0.1, 0.15) is 31.1 Å². The molecule has 1 heterocycles. The second-order valence-corrected chi connectivity index (χ2v) is 5.88. The molecule has 19 heavy (non-hydrogen) atoms. The van der Waals surface area contributed by atoms with Gasteiger partial charge >= 0.3 is 0 Å². The van der Waals surface area contributed by atoms with Crippen LogP contribution in [0, 0.1) is 3.57 Å². The van der Waals surface area contributed by atoms with Gasteiger partial charge in [-0.3, -0.25) is 4.79 Å². The van der Waals surface area contributed by atoms with Crippen LogP contribution >= 0.6 is 22.6 Å². The van der Waals surface area contributed by atoms with E-state index in [1.54, 1.807) is 0 Å². The number of carbonyl (C=O) groups excluding carboxylic acids is 1. The zero-order valence-electron chi connectivity index (χ0n) is 11.5. The molecule has 0 saturated heterocycles. The third kappa shape index (κ3) is 2.84. The molecule has 0 aliphatic carbocycles. The summed E-state index contributed by atoms with van der Waals surface area (Å²) in [5.74, 6) is 0.168. The van der Waals surface area contributed by atoms with Crippen LogP contribution in [0.4, 0.5) is 0 Å². The SMILES string of the molecule is CCNC(C)C(=O)c1cn(CC)c2ccc(I)cc12. The number of nitrogens with zero attached hydrogens (tertiary/aromatic N) is 1. The van der Waals surface area contributed by atoms with Gasteiger partial charge in [-0.1, -0.05) is 6.92 Å². The first kappa shape index (κ1) is 14.5. The average Bonchev–Trinajstić information content (AvgIpc) is 2.76. The third-order valence-corrected chi connectivity index (χ3v) is 4.02. The van der Waals surface area contributed by atoms with Gasteiger partial charge < -0.3 is 9.88 Å². The minimum absolute atomic E-state index is 0.140. The number of carbonyl (C=O) groups is 1. The van der Waals surface area contributed by atoms with Crippen LogP contribution in [0.2, 0.25) is 0 Å². The first-order valence-electron chi connectivity index (χ1n) is 6.64. The maximum absolute atomic E-state index is 12.5. The third-order valence-electron chi connectivity index (χ3n) is 3.35. The molecule has 0 saturated carbocycles. The quantitative estimate of drug-likeness (QED) is 0.646. The Morgan fingerprint density at radius 1 is 1.42 bits per heavy atom. The first-order valence-corrected chi connectivity index (χ1v) is 7.72. The van der Waals surface area contributed by atoms with Crippen LogP contribution < -0.4 is 5.32 Å². The lowest BCUT2D eigenvalue weighted by Gasteiger charge is -2.10. The summed E-state index contributed by atoms with van der Waals surface area (Å²) in [5.41, 5.74) is 1.96. The Morgan fingerprint density at radius 3 is 2.79 bits per heavy atom. The van der Waals surface area contributed by atoms with Crippen LogP contribution in [0.5, 0.6) is 0 Å². The fraction of sp³-hybridized carbons (Fsp3) is 0.400. The Bertz CT molecular complexity index is 603. The molecule has 0 fully saturated rings. The molecule has 0 spiro atoms. The number of aryl methyl sites for hydroxylation is 1. The van der Waals surface area contributed by atoms with Crippen LogP contribution in [-0.2, 0) is 6.54 Å². The van der Waals surface area contributed by atoms with E-state index in [0.717, 1.165) is 33.1 Å². The predicted octanol–water partition coefficient (Wildman–Crippen LogP) is 3.45. The normalized spacial score (nSPS) is 12.8. The lowest BCUT2D eigenvalue weighted by molar-refractivity contribution is 0.0953. The second-order valence-electron chi connectivity index (χ2n) is 4.63. The molecule has 1 aromatic carbocycles. The Kier molecular flexibility index (Phi) is 4.62. The van der Waals surface area contributed by atoms with Gasteiger partial charge in [-0.15, -0.1) is 0 Å². The lowest BCUT2D eigenvalue weighted by atomic mass is 10.0. The van der Waals surface area contributed by atoms with Crippen molar-refractivity contribution in [2.24, 2.45) is 0 Å². The summed E-state index contributed by atoms with van der Waals surface area (Å²) in [6, 6.07) is 6.12. The van der Waals surface area contributed by atoms with Crippen molar-refractivity contribution in [3.63, 3.8) is 0 Å². The van der Waals surface area contributed by atoms with E-state index < -0.39 is 0 Å². The number of aromatic nitrogens is 1. The summed E-state index contributed by atoms with van der Waals surface area (Å²) in [6.45, 7) is 7.72. The minimum atomic E-state index is -0.140. The van der Waals surface area contributed by atoms with Gasteiger partial charge in [-0.05, 0) is 61.2 Å². The topological polar surface area (TPSA) is 34.0 Å². The summed E-state index contributed by atoms with van der Waals surface area (Å²) in [4.78, 5) is 12.5. The molecule has 1 atom stereocenters. The van der Waals surface area contributed by atoms with E-state index in [4.69, 9.17) is 0 Å². The highest BCUT2D eigenvalue weighted by Crippen LogP contribution is 2.24. The number of fused-ring (bicyclic) bond motifs is 1. The maximum atomic E-state index is 12.5. The standard InChI is InChI=1S/C15H19IN2O/c1-4-17-10(3)15(19)13-9-18(5-2)14-7-6-11(16)8-12(13)14/h6-10,17H,4-5H2,1-3H3. The number of Topliss-reactive ketones (excluding diaryl/α,β-unsaturated/α-hetero) is 1. The summed E-state index contributed by atoms with van der Waals surface area (Å²) in [6.07, 6.45) is 1.98. The Balaban J connectivity index is 2.53. The van der Waals surface area contributed by atoms with Crippen molar-refractivity contribution < 1.29 is 4.79 Å². The monoisotopic (exact) mass is 370 g/mol. The molecule has 0 radical (unpaired) electrons. The molecule has 1 aromatic heterocycles. The second kappa shape index (κ2) is 6.05. The zero-order chi connectivity index (χ0) is 14.0. The number of hydrogen-bond acceptors (Lipinski definition) is 2. The molecule has 1 unspecified atom stereocenters. The van der Waals surface area contributed by atoms with E-state index in [9.17, 15) is 4.79 Å². The summed E-state index contributed by atoms with van der Waals surface area (Å²) >= 11 is 2.29. The van der Waals surface area contributed by atoms with Crippen LogP contribution in [-0.4, -0.2) is 22.9 Å². The number of benzene rings is 1. The molecule has 3 nitrogen and oxygen atoms in total. The first-order chi connectivity index (χ1) is 9.08. The largest absolute Gasteiger partial charge is 0.347 e. The van der Waals surface area contributed by atoms with Gasteiger partial charge in [0.05, 0.1) is 6.04 Å². The van der Waals surface area contributed by atoms with Crippen LogP contribution in [0.15, 0.2) is 24.4 Å². The van der Waals surface area contributed by atoms with E-state index in [1.165, 1.54) is 0 Å². The van der Waals surface area contributed by atoms with E-state index in [2.05, 4.69) is 57.6 Å². The van der Waals surface area contributed by atoms with Gasteiger partial charge in [0.25, 0.3) is 0 Å². The molecule has 2 rings (SSSR count). The number of likely N-dealkylation sites (N-methyl/N-ethyl adjacent to an activating group) is 1. The van der Waals surface area contributed by atoms with E-state index in [1.807, 2.05) is 20.0 Å². The van der Waals surface area contributed by atoms with Crippen molar-refractivity contribution in [2.45, 2.75) is 33.4 Å². The maximum Gasteiger partial charge on any atom is 0.181 e. The molecule has 4 heteroatoms. The molecular weight excluding hydrogens is 351 g/mol. The number of hydrogen-bond donors (Lipinski definition) is 1. The van der Waals surface area contributed by atoms with Gasteiger partial charge in [-0.25, -0.2) is 0 Å². The lowest BCUT2D eigenvalue weighted by Crippen LogP contribution is -2.33. The number of ketones is 1. The van der Waals surface area contributed by atoms with Crippen molar-refractivity contribution in [2.75, 3.05) is 6.54 Å². The molecule has 2 aromatic rings. The van der Waals surface area contributed by atoms with Crippen molar-refractivity contribution in [1.82, 2.24) is 9.88 Å². The Hall–Kier alpha value is -0.880. The smallest absolute Gasteiger partial charge is 0.181 e. The molecule has 102 valence electrons. The summed E-state index contributed by atoms with van der Waals surface area (Å²) in [7, 11) is 0. The van der Waals surface area contributed by atoms with Crippen LogP contribution in [0.3, 0.4) is 0 Å². The molecule has 0 bridgehead atoms. The van der Waals surface area contributed by atoms with Crippen LogP contribution in [0.25, 0.3) is 10.9 Å². The zero-order valence-corrected chi connectivity index (χ0v) is 13.7. The van der Waals surface area contributed by atoms with Crippen molar-refractivity contribution >= 4 is 39.3 Å². The fourth-order valence-corrected chi connectivity index (χ4v) is 2.85. The summed E-state index contributed by atoms with van der Waals surface area (Å²) in [5, 5.41) is 4.25. The molecule has 0 aliphatic rings. The van der Waals surface area contributed by atoms with Gasteiger partial charge in [0.15, 0.2) is 5.78 Å². The molecule has 0 amide bonds. The molecule has 1 N–H and O–H groups in total. The number of halogens is 1. The van der Waals surface area contributed by atoms with Gasteiger partial charge in [0, 0.05) is 32.8 Å². The highest BCUT2D eigenvalue weighted by atomic mass is 127. The Morgan fingerprint density at radius 2 is 2.16 bits per heavy atom. The summed E-state index contributed by atoms with van der Waals surface area (Å²) < 4.78 is 3.29. The van der Waals surface area contributed by atoms with Gasteiger partial charge in [0.1, 0.15) is 0 Å². The predicted molar refractivity (Wildman–Crippen MR) is 87.8 cm³/mol. The van der Waals surface area contributed by atoms with Crippen molar-refractivity contribution in [1.29, 1.82) is 0 Å². The van der Waals surface area contributed by atoms with Gasteiger partial charge in [0.2, 0.25) is 0 Å². The molecule has 0 aliphatic heterocycles. The number of rotatable bonds is 5. The number of nitrogens with one attached hydrogen (secondary N) is 1. The minimum Gasteiger partial charge on any atom is -0.347 e. The van der Waals surface area contributed by atoms with Crippen molar-refractivity contribution in [3.05, 3.63) is 33.5 Å². The van der Waals surface area contributed by atoms with E-state index in [0.29, 0.717) is 0 Å². The Labute approximate surface area is 127 Å². The van der Waals surface area contributed by atoms with Gasteiger partial charge in [-0.2, -0.15) is 0 Å². The fourth-order valence-electron chi connectivity index (χ4n) is 2.36. The highest BCUT2D eigenvalue weighted by molar-refractivity contribution is 14.1. The van der Waals surface area contributed by atoms with Crippen molar-refractivity contribution in [3.8, 4) is 0 Å². The highest BCUT2D eigenvalue weighted by Gasteiger charge is 2.19. The van der Waals surface area contributed by atoms with E-state index in [-0.39, 0.29) is 11.8 Å².